The minimum absolute atomic E-state index is 0.0381. The summed E-state index contributed by atoms with van der Waals surface area (Å²) in [6.07, 6.45) is 5.78. The molecule has 20 heavy (non-hydrogen) atoms. The molecule has 0 spiro atoms. The molecule has 3 fully saturated rings. The summed E-state index contributed by atoms with van der Waals surface area (Å²) in [5.74, 6) is 0.699. The van der Waals surface area contributed by atoms with E-state index in [1.54, 1.807) is 0 Å². The predicted octanol–water partition coefficient (Wildman–Crippen LogP) is 0.618. The fourth-order valence-corrected chi connectivity index (χ4v) is 3.44. The van der Waals surface area contributed by atoms with Crippen LogP contribution in [-0.2, 0) is 9.59 Å². The highest BCUT2D eigenvalue weighted by molar-refractivity contribution is 5.89. The maximum absolute atomic E-state index is 12.6. The summed E-state index contributed by atoms with van der Waals surface area (Å²) in [6.45, 7) is 2.20. The van der Waals surface area contributed by atoms with Crippen LogP contribution < -0.4 is 0 Å². The number of rotatable bonds is 4. The lowest BCUT2D eigenvalue weighted by atomic mass is 9.99. The first kappa shape index (κ1) is 13.9. The molecule has 0 radical (unpaired) electrons. The number of nitrogens with zero attached hydrogens (tertiary/aromatic N) is 2. The Morgan fingerprint density at radius 3 is 2.75 bits per heavy atom. The normalized spacial score (nSPS) is 30.9. The first-order chi connectivity index (χ1) is 9.69. The Hall–Kier alpha value is -1.10. The Labute approximate surface area is 119 Å². The van der Waals surface area contributed by atoms with E-state index in [2.05, 4.69) is 0 Å². The third-order valence-corrected chi connectivity index (χ3v) is 4.86. The van der Waals surface area contributed by atoms with Gasteiger partial charge in [0.25, 0.3) is 0 Å². The molecule has 2 atom stereocenters. The zero-order valence-electron chi connectivity index (χ0n) is 12.0. The van der Waals surface area contributed by atoms with Gasteiger partial charge in [0.2, 0.25) is 11.8 Å². The Morgan fingerprint density at radius 1 is 1.25 bits per heavy atom. The molecule has 2 amide bonds. The molecule has 112 valence electrons. The van der Waals surface area contributed by atoms with Crippen molar-refractivity contribution in [2.75, 3.05) is 26.2 Å². The van der Waals surface area contributed by atoms with E-state index in [0.29, 0.717) is 18.9 Å². The van der Waals surface area contributed by atoms with Gasteiger partial charge in [0.05, 0.1) is 18.6 Å². The molecule has 5 heteroatoms. The lowest BCUT2D eigenvalue weighted by Crippen LogP contribution is -2.48. The van der Waals surface area contributed by atoms with Gasteiger partial charge in [-0.05, 0) is 38.0 Å². The minimum atomic E-state index is -0.187. The number of amides is 2. The van der Waals surface area contributed by atoms with Crippen LogP contribution in [0.4, 0.5) is 0 Å². The van der Waals surface area contributed by atoms with Gasteiger partial charge in [-0.1, -0.05) is 0 Å². The molecule has 1 saturated carbocycles. The quantitative estimate of drug-likeness (QED) is 0.821. The lowest BCUT2D eigenvalue weighted by molar-refractivity contribution is -0.140. The van der Waals surface area contributed by atoms with Gasteiger partial charge in [-0.3, -0.25) is 9.59 Å². The largest absolute Gasteiger partial charge is 0.394 e. The second kappa shape index (κ2) is 5.72. The standard InChI is InChI=1S/C15H24N2O3/c18-10-13-3-1-2-6-17(13)15(20)12-7-14(19)16(9-12)8-11-4-5-11/h11-13,18H,1-10H2. The SMILES string of the molecule is O=C1CC(C(=O)N2CCCCC2CO)CN1CC1CC1. The molecule has 0 aromatic rings. The molecular weight excluding hydrogens is 256 g/mol. The van der Waals surface area contributed by atoms with Crippen LogP contribution in [0.1, 0.15) is 38.5 Å². The molecule has 0 aromatic heterocycles. The van der Waals surface area contributed by atoms with Gasteiger partial charge in [0.1, 0.15) is 0 Å². The maximum atomic E-state index is 12.6. The lowest BCUT2D eigenvalue weighted by Gasteiger charge is -2.36. The molecular formula is C15H24N2O3. The molecule has 1 N–H and O–H groups in total. The third kappa shape index (κ3) is 2.82. The van der Waals surface area contributed by atoms with Crippen LogP contribution in [0.3, 0.4) is 0 Å². The van der Waals surface area contributed by atoms with Gasteiger partial charge in [-0.25, -0.2) is 0 Å². The molecule has 2 saturated heterocycles. The van der Waals surface area contributed by atoms with Crippen molar-refractivity contribution in [1.82, 2.24) is 9.80 Å². The van der Waals surface area contributed by atoms with E-state index in [4.69, 9.17) is 0 Å². The Morgan fingerprint density at radius 2 is 2.05 bits per heavy atom. The number of carbonyl (C=O) groups is 2. The number of likely N-dealkylation sites (tertiary alicyclic amines) is 2. The van der Waals surface area contributed by atoms with Crippen molar-refractivity contribution in [1.29, 1.82) is 0 Å². The second-order valence-corrected chi connectivity index (χ2v) is 6.51. The average molecular weight is 280 g/mol. The predicted molar refractivity (Wildman–Crippen MR) is 73.8 cm³/mol. The van der Waals surface area contributed by atoms with Gasteiger partial charge < -0.3 is 14.9 Å². The van der Waals surface area contributed by atoms with Gasteiger partial charge in [-0.2, -0.15) is 0 Å². The average Bonchev–Trinajstić information content (AvgIpc) is 3.21. The van der Waals surface area contributed by atoms with E-state index in [-0.39, 0.29) is 30.4 Å². The summed E-state index contributed by atoms with van der Waals surface area (Å²) in [4.78, 5) is 28.3. The molecule has 3 aliphatic rings. The summed E-state index contributed by atoms with van der Waals surface area (Å²) in [5, 5.41) is 9.41. The molecule has 2 heterocycles. The summed E-state index contributed by atoms with van der Waals surface area (Å²) >= 11 is 0. The number of piperidine rings is 1. The van der Waals surface area contributed by atoms with Crippen LogP contribution in [0.15, 0.2) is 0 Å². The van der Waals surface area contributed by atoms with E-state index in [0.717, 1.165) is 32.4 Å². The van der Waals surface area contributed by atoms with Gasteiger partial charge in [0, 0.05) is 26.1 Å². The van der Waals surface area contributed by atoms with Crippen molar-refractivity contribution in [3.8, 4) is 0 Å². The zero-order chi connectivity index (χ0) is 14.1. The highest BCUT2D eigenvalue weighted by Gasteiger charge is 2.40. The van der Waals surface area contributed by atoms with Crippen molar-refractivity contribution >= 4 is 11.8 Å². The highest BCUT2D eigenvalue weighted by atomic mass is 16.3. The summed E-state index contributed by atoms with van der Waals surface area (Å²) in [7, 11) is 0. The molecule has 5 nitrogen and oxygen atoms in total. The first-order valence-electron chi connectivity index (χ1n) is 7.88. The topological polar surface area (TPSA) is 60.9 Å². The smallest absolute Gasteiger partial charge is 0.228 e. The van der Waals surface area contributed by atoms with Crippen molar-refractivity contribution < 1.29 is 14.7 Å². The zero-order valence-corrected chi connectivity index (χ0v) is 12.0. The van der Waals surface area contributed by atoms with E-state index < -0.39 is 0 Å². The van der Waals surface area contributed by atoms with Crippen molar-refractivity contribution in [3.05, 3.63) is 0 Å². The fraction of sp³-hybridized carbons (Fsp3) is 0.867. The Bertz CT molecular complexity index is 395. The van der Waals surface area contributed by atoms with Gasteiger partial charge in [0.15, 0.2) is 0 Å². The van der Waals surface area contributed by atoms with E-state index in [9.17, 15) is 14.7 Å². The van der Waals surface area contributed by atoms with Crippen molar-refractivity contribution in [3.63, 3.8) is 0 Å². The molecule has 0 bridgehead atoms. The molecule has 3 rings (SSSR count). The van der Waals surface area contributed by atoms with Crippen LogP contribution in [0.2, 0.25) is 0 Å². The fourth-order valence-electron chi connectivity index (χ4n) is 3.44. The van der Waals surface area contributed by atoms with Crippen LogP contribution in [-0.4, -0.2) is 59.0 Å². The number of aliphatic hydroxyl groups excluding tert-OH is 1. The van der Waals surface area contributed by atoms with Crippen molar-refractivity contribution in [2.24, 2.45) is 11.8 Å². The highest BCUT2D eigenvalue weighted by Crippen LogP contribution is 2.32. The van der Waals surface area contributed by atoms with E-state index >= 15 is 0 Å². The Kier molecular flexibility index (Phi) is 3.96. The Balaban J connectivity index is 1.60. The van der Waals surface area contributed by atoms with Gasteiger partial charge >= 0.3 is 0 Å². The third-order valence-electron chi connectivity index (χ3n) is 4.86. The number of hydrogen-bond acceptors (Lipinski definition) is 3. The minimum Gasteiger partial charge on any atom is -0.394 e. The monoisotopic (exact) mass is 280 g/mol. The van der Waals surface area contributed by atoms with Gasteiger partial charge in [-0.15, -0.1) is 0 Å². The van der Waals surface area contributed by atoms with Crippen LogP contribution in [0.5, 0.6) is 0 Å². The molecule has 1 aliphatic carbocycles. The van der Waals surface area contributed by atoms with Crippen molar-refractivity contribution in [2.45, 2.75) is 44.6 Å². The first-order valence-corrected chi connectivity index (χ1v) is 7.88. The number of hydrogen-bond donors (Lipinski definition) is 1. The molecule has 2 aliphatic heterocycles. The van der Waals surface area contributed by atoms with E-state index in [1.807, 2.05) is 9.80 Å². The summed E-state index contributed by atoms with van der Waals surface area (Å²) in [6, 6.07) is -0.0381. The number of carbonyl (C=O) groups excluding carboxylic acids is 2. The second-order valence-electron chi connectivity index (χ2n) is 6.51. The van der Waals surface area contributed by atoms with E-state index in [1.165, 1.54) is 12.8 Å². The maximum Gasteiger partial charge on any atom is 0.228 e. The van der Waals surface area contributed by atoms with Crippen LogP contribution in [0.25, 0.3) is 0 Å². The van der Waals surface area contributed by atoms with Crippen LogP contribution in [0, 0.1) is 11.8 Å². The number of aliphatic hydroxyl groups is 1. The summed E-state index contributed by atoms with van der Waals surface area (Å²) in [5.41, 5.74) is 0. The molecule has 0 aromatic carbocycles. The molecule has 2 unspecified atom stereocenters. The summed E-state index contributed by atoms with van der Waals surface area (Å²) < 4.78 is 0. The van der Waals surface area contributed by atoms with Crippen LogP contribution >= 0.6 is 0 Å².